The van der Waals surface area contributed by atoms with Crippen LogP contribution in [0.4, 0.5) is 4.39 Å². The van der Waals surface area contributed by atoms with Gasteiger partial charge in [-0.15, -0.1) is 0 Å². The van der Waals surface area contributed by atoms with E-state index in [1.54, 1.807) is 6.07 Å². The Balaban J connectivity index is 1.71. The molecular weight excluding hydrogens is 393 g/mol. The summed E-state index contributed by atoms with van der Waals surface area (Å²) in [6.45, 7) is 5.37. The minimum absolute atomic E-state index is 0.217. The molecule has 160 valence electrons. The standard InChI is InChI=1S/C24H26FN5O/c1-16-7-5-6-8-22(16)30-14-19(13-29(3)15-20-11-17(2)26-27-20)24(28-30)18-9-10-23(31-4)21(25)12-18/h5-12,14H,13,15H2,1-4H3,(H,26,27). The normalized spacial score (nSPS) is 11.3. The molecule has 31 heavy (non-hydrogen) atoms. The predicted octanol–water partition coefficient (Wildman–Crippen LogP) is 4.66. The van der Waals surface area contributed by atoms with Crippen molar-refractivity contribution in [2.24, 2.45) is 0 Å². The second-order valence-corrected chi connectivity index (χ2v) is 7.80. The molecule has 0 atom stereocenters. The summed E-state index contributed by atoms with van der Waals surface area (Å²) in [4.78, 5) is 2.16. The number of rotatable bonds is 7. The van der Waals surface area contributed by atoms with Crippen molar-refractivity contribution < 1.29 is 9.13 Å². The number of para-hydroxylation sites is 1. The Kier molecular flexibility index (Phi) is 5.86. The summed E-state index contributed by atoms with van der Waals surface area (Å²) >= 11 is 0. The van der Waals surface area contributed by atoms with Crippen LogP contribution in [0.5, 0.6) is 5.75 Å². The van der Waals surface area contributed by atoms with E-state index in [0.29, 0.717) is 18.7 Å². The Morgan fingerprint density at radius 2 is 1.90 bits per heavy atom. The number of hydrogen-bond acceptors (Lipinski definition) is 4. The van der Waals surface area contributed by atoms with E-state index in [1.807, 2.05) is 55.2 Å². The fourth-order valence-electron chi connectivity index (χ4n) is 3.70. The number of nitrogens with one attached hydrogen (secondary N) is 1. The first-order chi connectivity index (χ1) is 14.9. The molecule has 4 aromatic rings. The summed E-state index contributed by atoms with van der Waals surface area (Å²) in [5, 5.41) is 12.1. The molecule has 0 unspecified atom stereocenters. The highest BCUT2D eigenvalue weighted by atomic mass is 19.1. The van der Waals surface area contributed by atoms with Gasteiger partial charge in [0.2, 0.25) is 0 Å². The third-order valence-electron chi connectivity index (χ3n) is 5.21. The molecule has 7 heteroatoms. The molecular formula is C24H26FN5O. The van der Waals surface area contributed by atoms with Gasteiger partial charge >= 0.3 is 0 Å². The summed E-state index contributed by atoms with van der Waals surface area (Å²) < 4.78 is 21.4. The zero-order chi connectivity index (χ0) is 22.0. The van der Waals surface area contributed by atoms with Crippen molar-refractivity contribution in [1.82, 2.24) is 24.9 Å². The van der Waals surface area contributed by atoms with Crippen LogP contribution in [-0.2, 0) is 13.1 Å². The second-order valence-electron chi connectivity index (χ2n) is 7.80. The van der Waals surface area contributed by atoms with Crippen molar-refractivity contribution in [2.45, 2.75) is 26.9 Å². The lowest BCUT2D eigenvalue weighted by atomic mass is 10.1. The number of methoxy groups -OCH3 is 1. The number of aromatic amines is 1. The Morgan fingerprint density at radius 1 is 1.10 bits per heavy atom. The van der Waals surface area contributed by atoms with Crippen LogP contribution < -0.4 is 4.74 Å². The number of H-pyrrole nitrogens is 1. The quantitative estimate of drug-likeness (QED) is 0.473. The van der Waals surface area contributed by atoms with Gasteiger partial charge in [-0.05, 0) is 56.8 Å². The number of nitrogens with zero attached hydrogens (tertiary/aromatic N) is 4. The molecule has 0 radical (unpaired) electrons. The highest BCUT2D eigenvalue weighted by Gasteiger charge is 2.17. The van der Waals surface area contributed by atoms with Crippen LogP contribution in [0.1, 0.15) is 22.5 Å². The van der Waals surface area contributed by atoms with Gasteiger partial charge in [-0.3, -0.25) is 10.00 Å². The molecule has 2 aromatic heterocycles. The molecule has 0 bridgehead atoms. The first-order valence-corrected chi connectivity index (χ1v) is 10.1. The second kappa shape index (κ2) is 8.73. The smallest absolute Gasteiger partial charge is 0.165 e. The van der Waals surface area contributed by atoms with Crippen molar-refractivity contribution in [3.05, 3.63) is 83.1 Å². The SMILES string of the molecule is COc1ccc(-c2nn(-c3ccccc3C)cc2CN(C)Cc2cc(C)[nH]n2)cc1F. The van der Waals surface area contributed by atoms with E-state index in [-0.39, 0.29) is 5.75 Å². The molecule has 6 nitrogen and oxygen atoms in total. The number of aromatic nitrogens is 4. The van der Waals surface area contributed by atoms with Crippen LogP contribution in [0.2, 0.25) is 0 Å². The Morgan fingerprint density at radius 3 is 2.58 bits per heavy atom. The predicted molar refractivity (Wildman–Crippen MR) is 119 cm³/mol. The van der Waals surface area contributed by atoms with Crippen molar-refractivity contribution >= 4 is 0 Å². The molecule has 4 rings (SSSR count). The van der Waals surface area contributed by atoms with Gasteiger partial charge in [0.25, 0.3) is 0 Å². The first-order valence-electron chi connectivity index (χ1n) is 10.1. The van der Waals surface area contributed by atoms with E-state index in [4.69, 9.17) is 9.84 Å². The lowest BCUT2D eigenvalue weighted by Crippen LogP contribution is -2.17. The summed E-state index contributed by atoms with van der Waals surface area (Å²) in [6.07, 6.45) is 2.02. The van der Waals surface area contributed by atoms with Crippen LogP contribution in [0.3, 0.4) is 0 Å². The third kappa shape index (κ3) is 4.51. The van der Waals surface area contributed by atoms with Gasteiger partial charge in [0.05, 0.1) is 24.2 Å². The van der Waals surface area contributed by atoms with Gasteiger partial charge in [0.1, 0.15) is 0 Å². The van der Waals surface area contributed by atoms with E-state index in [9.17, 15) is 4.39 Å². The van der Waals surface area contributed by atoms with E-state index >= 15 is 0 Å². The number of hydrogen-bond donors (Lipinski definition) is 1. The van der Waals surface area contributed by atoms with Crippen LogP contribution in [0.15, 0.2) is 54.7 Å². The van der Waals surface area contributed by atoms with Crippen molar-refractivity contribution in [2.75, 3.05) is 14.2 Å². The minimum atomic E-state index is -0.406. The molecule has 0 aliphatic heterocycles. The maximum absolute atomic E-state index is 14.4. The minimum Gasteiger partial charge on any atom is -0.494 e. The fourth-order valence-corrected chi connectivity index (χ4v) is 3.70. The van der Waals surface area contributed by atoms with Crippen molar-refractivity contribution in [3.63, 3.8) is 0 Å². The lowest BCUT2D eigenvalue weighted by Gasteiger charge is -2.15. The largest absolute Gasteiger partial charge is 0.494 e. The zero-order valence-electron chi connectivity index (χ0n) is 18.2. The summed E-state index contributed by atoms with van der Waals surface area (Å²) in [7, 11) is 3.50. The topological polar surface area (TPSA) is 59.0 Å². The van der Waals surface area contributed by atoms with Gasteiger partial charge in [0.15, 0.2) is 11.6 Å². The van der Waals surface area contributed by atoms with Crippen molar-refractivity contribution in [3.8, 4) is 22.7 Å². The van der Waals surface area contributed by atoms with E-state index < -0.39 is 5.82 Å². The molecule has 0 aliphatic carbocycles. The Bertz CT molecular complexity index is 1200. The molecule has 0 saturated heterocycles. The van der Waals surface area contributed by atoms with Crippen LogP contribution in [0.25, 0.3) is 16.9 Å². The van der Waals surface area contributed by atoms with Crippen LogP contribution in [-0.4, -0.2) is 39.0 Å². The maximum atomic E-state index is 14.4. The number of benzene rings is 2. The summed E-state index contributed by atoms with van der Waals surface area (Å²) in [5.41, 5.74) is 6.58. The van der Waals surface area contributed by atoms with Crippen LogP contribution in [0, 0.1) is 19.7 Å². The molecule has 0 fully saturated rings. The van der Waals surface area contributed by atoms with Gasteiger partial charge in [-0.1, -0.05) is 18.2 Å². The van der Waals surface area contributed by atoms with Gasteiger partial charge in [-0.2, -0.15) is 10.2 Å². The highest BCUT2D eigenvalue weighted by Crippen LogP contribution is 2.29. The summed E-state index contributed by atoms with van der Waals surface area (Å²) in [5.74, 6) is -0.189. The average molecular weight is 420 g/mol. The third-order valence-corrected chi connectivity index (χ3v) is 5.21. The lowest BCUT2D eigenvalue weighted by molar-refractivity contribution is 0.315. The number of aryl methyl sites for hydroxylation is 2. The van der Waals surface area contributed by atoms with E-state index in [0.717, 1.165) is 33.9 Å². The first kappa shape index (κ1) is 20.8. The van der Waals surface area contributed by atoms with Crippen LogP contribution >= 0.6 is 0 Å². The summed E-state index contributed by atoms with van der Waals surface area (Å²) in [6, 6.07) is 15.1. The molecule has 0 spiro atoms. The number of ether oxygens (including phenoxy) is 1. The molecule has 2 aromatic carbocycles. The molecule has 0 amide bonds. The maximum Gasteiger partial charge on any atom is 0.165 e. The van der Waals surface area contributed by atoms with Gasteiger partial charge in [0, 0.05) is 36.1 Å². The highest BCUT2D eigenvalue weighted by molar-refractivity contribution is 5.64. The van der Waals surface area contributed by atoms with E-state index in [2.05, 4.69) is 28.1 Å². The van der Waals surface area contributed by atoms with E-state index in [1.165, 1.54) is 13.2 Å². The zero-order valence-corrected chi connectivity index (χ0v) is 18.2. The molecule has 1 N–H and O–H groups in total. The average Bonchev–Trinajstić information content (AvgIpc) is 3.34. The monoisotopic (exact) mass is 419 g/mol. The Labute approximate surface area is 181 Å². The number of halogens is 1. The Hall–Kier alpha value is -3.45. The van der Waals surface area contributed by atoms with Crippen molar-refractivity contribution in [1.29, 1.82) is 0 Å². The fraction of sp³-hybridized carbons (Fsp3) is 0.250. The molecule has 0 saturated carbocycles. The molecule has 2 heterocycles. The molecule has 0 aliphatic rings. The van der Waals surface area contributed by atoms with Gasteiger partial charge < -0.3 is 4.74 Å². The van der Waals surface area contributed by atoms with Gasteiger partial charge in [-0.25, -0.2) is 9.07 Å².